The van der Waals surface area contributed by atoms with E-state index in [9.17, 15) is 4.79 Å². The van der Waals surface area contributed by atoms with Gasteiger partial charge in [-0.15, -0.1) is 0 Å². The summed E-state index contributed by atoms with van der Waals surface area (Å²) in [4.78, 5) is 17.5. The highest BCUT2D eigenvalue weighted by Gasteiger charge is 2.33. The quantitative estimate of drug-likeness (QED) is 0.876. The minimum atomic E-state index is -0.217. The molecule has 2 fully saturated rings. The second-order valence-corrected chi connectivity index (χ2v) is 7.48. The van der Waals surface area contributed by atoms with Crippen molar-refractivity contribution in [3.05, 3.63) is 65.2 Å². The van der Waals surface area contributed by atoms with Gasteiger partial charge in [0.2, 0.25) is 5.91 Å². The topological polar surface area (TPSA) is 35.6 Å². The summed E-state index contributed by atoms with van der Waals surface area (Å²) >= 11 is 6.35. The van der Waals surface area contributed by atoms with Gasteiger partial charge in [0, 0.05) is 32.2 Å². The van der Waals surface area contributed by atoms with Crippen LogP contribution < -0.4 is 10.2 Å². The van der Waals surface area contributed by atoms with Gasteiger partial charge in [-0.25, -0.2) is 0 Å². The lowest BCUT2D eigenvalue weighted by molar-refractivity contribution is -0.127. The van der Waals surface area contributed by atoms with E-state index in [-0.39, 0.29) is 11.9 Å². The Morgan fingerprint density at radius 3 is 2.27 bits per heavy atom. The molecule has 2 aromatic rings. The van der Waals surface area contributed by atoms with Crippen molar-refractivity contribution in [1.82, 2.24) is 10.2 Å². The molecule has 1 atom stereocenters. The number of hydrogen-bond acceptors (Lipinski definition) is 3. The molecule has 1 amide bonds. The zero-order valence-corrected chi connectivity index (χ0v) is 15.5. The van der Waals surface area contributed by atoms with Crippen LogP contribution in [0.4, 0.5) is 5.69 Å². The third-order valence-corrected chi connectivity index (χ3v) is 5.48. The molecule has 5 heteroatoms. The lowest BCUT2D eigenvalue weighted by Gasteiger charge is -2.40. The van der Waals surface area contributed by atoms with E-state index in [1.54, 1.807) is 0 Å². The van der Waals surface area contributed by atoms with Crippen LogP contribution in [0.3, 0.4) is 0 Å². The van der Waals surface area contributed by atoms with E-state index < -0.39 is 0 Å². The molecule has 0 unspecified atom stereocenters. The van der Waals surface area contributed by atoms with Gasteiger partial charge in [-0.1, -0.05) is 54.1 Å². The van der Waals surface area contributed by atoms with Crippen LogP contribution in [0.2, 0.25) is 5.02 Å². The highest BCUT2D eigenvalue weighted by Crippen LogP contribution is 2.29. The number of hydrogen-bond donors (Lipinski definition) is 1. The molecule has 2 aromatic carbocycles. The number of para-hydroxylation sites is 1. The Kier molecular flexibility index (Phi) is 5.14. The molecule has 1 aliphatic heterocycles. The summed E-state index contributed by atoms with van der Waals surface area (Å²) in [6, 6.07) is 18.2. The first-order valence-electron chi connectivity index (χ1n) is 9.31. The Hall–Kier alpha value is -2.04. The summed E-state index contributed by atoms with van der Waals surface area (Å²) in [6.07, 6.45) is 2.21. The van der Waals surface area contributed by atoms with E-state index in [1.165, 1.54) is 0 Å². The Bertz CT molecular complexity index is 755. The van der Waals surface area contributed by atoms with Crippen LogP contribution in [0.5, 0.6) is 0 Å². The van der Waals surface area contributed by atoms with Crippen LogP contribution in [0, 0.1) is 0 Å². The number of carbonyl (C=O) groups excluding carboxylic acids is 1. The van der Waals surface area contributed by atoms with Gasteiger partial charge < -0.3 is 10.2 Å². The van der Waals surface area contributed by atoms with Crippen molar-refractivity contribution in [3.63, 3.8) is 0 Å². The largest absolute Gasteiger partial charge is 0.368 e. The predicted octanol–water partition coefficient (Wildman–Crippen LogP) is 3.48. The number of carbonyl (C=O) groups is 1. The maximum absolute atomic E-state index is 12.9. The van der Waals surface area contributed by atoms with Crippen molar-refractivity contribution in [1.29, 1.82) is 0 Å². The van der Waals surface area contributed by atoms with Gasteiger partial charge in [-0.05, 0) is 30.5 Å². The number of rotatable bonds is 5. The lowest BCUT2D eigenvalue weighted by atomic mass is 10.0. The average molecular weight is 370 g/mol. The molecule has 0 bridgehead atoms. The van der Waals surface area contributed by atoms with E-state index in [0.29, 0.717) is 6.04 Å². The third kappa shape index (κ3) is 3.87. The van der Waals surface area contributed by atoms with Crippen molar-refractivity contribution in [2.24, 2.45) is 0 Å². The molecule has 4 rings (SSSR count). The number of anilines is 1. The van der Waals surface area contributed by atoms with Crippen LogP contribution in [0.25, 0.3) is 0 Å². The highest BCUT2D eigenvalue weighted by molar-refractivity contribution is 6.33. The molecular weight excluding hydrogens is 346 g/mol. The molecule has 1 saturated carbocycles. The molecular formula is C21H24ClN3O. The van der Waals surface area contributed by atoms with Crippen LogP contribution >= 0.6 is 11.6 Å². The maximum atomic E-state index is 12.9. The van der Waals surface area contributed by atoms with Gasteiger partial charge in [-0.2, -0.15) is 0 Å². The SMILES string of the molecule is O=C(NC1CC1)[C@@H](c1ccccc1)N1CCN(c2ccccc2Cl)CC1. The van der Waals surface area contributed by atoms with E-state index in [0.717, 1.165) is 55.3 Å². The van der Waals surface area contributed by atoms with Gasteiger partial charge in [0.05, 0.1) is 10.7 Å². The maximum Gasteiger partial charge on any atom is 0.242 e. The van der Waals surface area contributed by atoms with Crippen molar-refractivity contribution in [2.45, 2.75) is 24.9 Å². The molecule has 0 radical (unpaired) electrons. The molecule has 2 aliphatic rings. The fourth-order valence-corrected chi connectivity index (χ4v) is 3.86. The zero-order valence-electron chi connectivity index (χ0n) is 14.8. The molecule has 1 aliphatic carbocycles. The van der Waals surface area contributed by atoms with Gasteiger partial charge in [0.15, 0.2) is 0 Å². The number of nitrogens with one attached hydrogen (secondary N) is 1. The van der Waals surface area contributed by atoms with Crippen molar-refractivity contribution >= 4 is 23.2 Å². The average Bonchev–Trinajstić information content (AvgIpc) is 3.48. The van der Waals surface area contributed by atoms with Gasteiger partial charge in [0.1, 0.15) is 6.04 Å². The van der Waals surface area contributed by atoms with Crippen LogP contribution in [-0.2, 0) is 4.79 Å². The standard InChI is InChI=1S/C21H24ClN3O/c22-18-8-4-5-9-19(18)24-12-14-25(15-13-24)20(16-6-2-1-3-7-16)21(26)23-17-10-11-17/h1-9,17,20H,10-15H2,(H,23,26)/t20-/m1/s1. The monoisotopic (exact) mass is 369 g/mol. The van der Waals surface area contributed by atoms with Crippen LogP contribution in [0.1, 0.15) is 24.4 Å². The fraction of sp³-hybridized carbons (Fsp3) is 0.381. The first kappa shape index (κ1) is 17.4. The summed E-state index contributed by atoms with van der Waals surface area (Å²) in [5.74, 6) is 0.130. The first-order valence-corrected chi connectivity index (χ1v) is 9.69. The van der Waals surface area contributed by atoms with Gasteiger partial charge in [0.25, 0.3) is 0 Å². The number of amides is 1. The first-order chi connectivity index (χ1) is 12.7. The molecule has 1 heterocycles. The Labute approximate surface area is 159 Å². The number of halogens is 1. The molecule has 136 valence electrons. The van der Waals surface area contributed by atoms with Crippen molar-refractivity contribution in [2.75, 3.05) is 31.1 Å². The molecule has 0 aromatic heterocycles. The Morgan fingerprint density at radius 1 is 0.962 bits per heavy atom. The number of nitrogens with zero attached hydrogens (tertiary/aromatic N) is 2. The Morgan fingerprint density at radius 2 is 1.62 bits per heavy atom. The molecule has 26 heavy (non-hydrogen) atoms. The van der Waals surface area contributed by atoms with Gasteiger partial charge >= 0.3 is 0 Å². The van der Waals surface area contributed by atoms with Gasteiger partial charge in [-0.3, -0.25) is 9.69 Å². The summed E-state index contributed by atoms with van der Waals surface area (Å²) < 4.78 is 0. The van der Waals surface area contributed by atoms with E-state index in [1.807, 2.05) is 36.4 Å². The summed E-state index contributed by atoms with van der Waals surface area (Å²) in [6.45, 7) is 3.40. The number of benzene rings is 2. The molecule has 1 N–H and O–H groups in total. The Balaban J connectivity index is 1.49. The second kappa shape index (κ2) is 7.68. The molecule has 0 spiro atoms. The van der Waals surface area contributed by atoms with Crippen molar-refractivity contribution < 1.29 is 4.79 Å². The zero-order chi connectivity index (χ0) is 17.9. The summed E-state index contributed by atoms with van der Waals surface area (Å²) in [5, 5.41) is 3.97. The normalized spacial score (nSPS) is 19.2. The van der Waals surface area contributed by atoms with Crippen LogP contribution in [0.15, 0.2) is 54.6 Å². The van der Waals surface area contributed by atoms with Crippen molar-refractivity contribution in [3.8, 4) is 0 Å². The molecule has 4 nitrogen and oxygen atoms in total. The highest BCUT2D eigenvalue weighted by atomic mass is 35.5. The minimum Gasteiger partial charge on any atom is -0.368 e. The third-order valence-electron chi connectivity index (χ3n) is 5.16. The fourth-order valence-electron chi connectivity index (χ4n) is 3.60. The molecule has 1 saturated heterocycles. The van der Waals surface area contributed by atoms with E-state index in [2.05, 4.69) is 33.3 Å². The smallest absolute Gasteiger partial charge is 0.242 e. The summed E-state index contributed by atoms with van der Waals surface area (Å²) in [7, 11) is 0. The predicted molar refractivity (Wildman–Crippen MR) is 106 cm³/mol. The minimum absolute atomic E-state index is 0.130. The van der Waals surface area contributed by atoms with E-state index >= 15 is 0 Å². The lowest BCUT2D eigenvalue weighted by Crippen LogP contribution is -2.51. The van der Waals surface area contributed by atoms with Crippen LogP contribution in [-0.4, -0.2) is 43.0 Å². The van der Waals surface area contributed by atoms with E-state index in [4.69, 9.17) is 11.6 Å². The summed E-state index contributed by atoms with van der Waals surface area (Å²) in [5.41, 5.74) is 2.14. The number of piperazine rings is 1. The second-order valence-electron chi connectivity index (χ2n) is 7.07.